The lowest BCUT2D eigenvalue weighted by molar-refractivity contribution is -0.0166. The van der Waals surface area contributed by atoms with Crippen LogP contribution in [0.1, 0.15) is 48.9 Å². The Balaban J connectivity index is 1.57. The summed E-state index contributed by atoms with van der Waals surface area (Å²) in [5, 5.41) is 6.41. The number of pyridine rings is 1. The molecule has 112 valence electrons. The van der Waals surface area contributed by atoms with Gasteiger partial charge >= 0.3 is 0 Å². The lowest BCUT2D eigenvalue weighted by Crippen LogP contribution is -2.59. The highest BCUT2D eigenvalue weighted by Gasteiger charge is 2.51. The van der Waals surface area contributed by atoms with E-state index in [1.54, 1.807) is 6.20 Å². The normalized spacial score (nSPS) is 36.5. The zero-order valence-corrected chi connectivity index (χ0v) is 12.6. The number of anilines is 1. The lowest BCUT2D eigenvalue weighted by Gasteiger charge is -2.56. The Hall–Kier alpha value is -1.58. The van der Waals surface area contributed by atoms with Gasteiger partial charge in [0.2, 0.25) is 0 Å². The maximum absolute atomic E-state index is 12.7. The molecule has 4 aliphatic rings. The number of carbonyl (C=O) groups is 1. The van der Waals surface area contributed by atoms with Crippen molar-refractivity contribution in [2.75, 3.05) is 12.4 Å². The van der Waals surface area contributed by atoms with Gasteiger partial charge in [0.1, 0.15) is 5.82 Å². The maximum Gasteiger partial charge on any atom is 0.255 e. The number of carbonyl (C=O) groups excluding carboxylic acids is 1. The van der Waals surface area contributed by atoms with Crippen LogP contribution in [0.25, 0.3) is 0 Å². The molecule has 0 spiro atoms. The second kappa shape index (κ2) is 4.72. The SMILES string of the molecule is CNc1ncccc1C(=O)NC12CC3CC(CC(C3)C1)C2. The molecule has 21 heavy (non-hydrogen) atoms. The summed E-state index contributed by atoms with van der Waals surface area (Å²) in [4.78, 5) is 17.0. The zero-order valence-electron chi connectivity index (χ0n) is 12.6. The Morgan fingerprint density at radius 1 is 1.19 bits per heavy atom. The summed E-state index contributed by atoms with van der Waals surface area (Å²) in [5.74, 6) is 3.23. The van der Waals surface area contributed by atoms with Gasteiger partial charge in [0.05, 0.1) is 5.56 Å². The fourth-order valence-corrected chi connectivity index (χ4v) is 5.36. The van der Waals surface area contributed by atoms with E-state index in [-0.39, 0.29) is 11.4 Å². The molecule has 4 heteroatoms. The van der Waals surface area contributed by atoms with Crippen molar-refractivity contribution in [3.8, 4) is 0 Å². The second-order valence-electron chi connectivity index (χ2n) is 7.30. The van der Waals surface area contributed by atoms with Gasteiger partial charge in [-0.15, -0.1) is 0 Å². The van der Waals surface area contributed by atoms with E-state index in [0.717, 1.165) is 17.8 Å². The van der Waals surface area contributed by atoms with E-state index in [0.29, 0.717) is 11.4 Å². The summed E-state index contributed by atoms with van der Waals surface area (Å²) in [5.41, 5.74) is 0.725. The molecule has 0 unspecified atom stereocenters. The summed E-state index contributed by atoms with van der Waals surface area (Å²) < 4.78 is 0. The summed E-state index contributed by atoms with van der Waals surface area (Å²) >= 11 is 0. The van der Waals surface area contributed by atoms with E-state index >= 15 is 0 Å². The number of amides is 1. The van der Waals surface area contributed by atoms with Crippen LogP contribution < -0.4 is 10.6 Å². The minimum Gasteiger partial charge on any atom is -0.372 e. The Morgan fingerprint density at radius 2 is 1.81 bits per heavy atom. The van der Waals surface area contributed by atoms with Crippen molar-refractivity contribution < 1.29 is 4.79 Å². The molecular weight excluding hydrogens is 262 g/mol. The highest BCUT2D eigenvalue weighted by atomic mass is 16.1. The molecule has 0 saturated heterocycles. The van der Waals surface area contributed by atoms with Crippen molar-refractivity contribution in [1.29, 1.82) is 0 Å². The molecular formula is C17H23N3O. The number of nitrogens with zero attached hydrogens (tertiary/aromatic N) is 1. The largest absolute Gasteiger partial charge is 0.372 e. The highest BCUT2D eigenvalue weighted by molar-refractivity contribution is 5.99. The highest BCUT2D eigenvalue weighted by Crippen LogP contribution is 2.55. The molecule has 4 bridgehead atoms. The third-order valence-electron chi connectivity index (χ3n) is 5.71. The predicted octanol–water partition coefficient (Wildman–Crippen LogP) is 2.82. The number of aromatic nitrogens is 1. The van der Waals surface area contributed by atoms with Gasteiger partial charge in [0.15, 0.2) is 0 Å². The maximum atomic E-state index is 12.7. The standard InChI is InChI=1S/C17H23N3O/c1-18-15-14(3-2-4-19-15)16(21)20-17-8-11-5-12(9-17)7-13(6-11)10-17/h2-4,11-13H,5-10H2,1H3,(H,18,19)(H,20,21). The molecule has 2 N–H and O–H groups in total. The van der Waals surface area contributed by atoms with Gasteiger partial charge in [-0.3, -0.25) is 4.79 Å². The van der Waals surface area contributed by atoms with E-state index in [9.17, 15) is 4.79 Å². The van der Waals surface area contributed by atoms with Crippen LogP contribution >= 0.6 is 0 Å². The third kappa shape index (κ3) is 2.21. The van der Waals surface area contributed by atoms with Crippen molar-refractivity contribution in [2.24, 2.45) is 17.8 Å². The summed E-state index contributed by atoms with van der Waals surface area (Å²) in [7, 11) is 1.81. The van der Waals surface area contributed by atoms with Crippen molar-refractivity contribution in [1.82, 2.24) is 10.3 Å². The Bertz CT molecular complexity index is 534. The quantitative estimate of drug-likeness (QED) is 0.898. The van der Waals surface area contributed by atoms with Crippen LogP contribution in [0.3, 0.4) is 0 Å². The smallest absolute Gasteiger partial charge is 0.255 e. The first-order valence-corrected chi connectivity index (χ1v) is 8.13. The fraction of sp³-hybridized carbons (Fsp3) is 0.647. The van der Waals surface area contributed by atoms with E-state index in [2.05, 4.69) is 15.6 Å². The molecule has 4 saturated carbocycles. The lowest BCUT2D eigenvalue weighted by atomic mass is 9.53. The fourth-order valence-electron chi connectivity index (χ4n) is 5.36. The molecule has 4 fully saturated rings. The van der Waals surface area contributed by atoms with Gasteiger partial charge in [-0.05, 0) is 68.4 Å². The van der Waals surface area contributed by atoms with Crippen LogP contribution in [0.5, 0.6) is 0 Å². The van der Waals surface area contributed by atoms with E-state index in [4.69, 9.17) is 0 Å². The van der Waals surface area contributed by atoms with E-state index in [1.165, 1.54) is 38.5 Å². The first-order valence-electron chi connectivity index (χ1n) is 8.13. The molecule has 1 amide bonds. The Labute approximate surface area is 125 Å². The second-order valence-corrected chi connectivity index (χ2v) is 7.30. The number of hydrogen-bond acceptors (Lipinski definition) is 3. The molecule has 1 heterocycles. The summed E-state index contributed by atoms with van der Waals surface area (Å²) in [6, 6.07) is 3.68. The third-order valence-corrected chi connectivity index (χ3v) is 5.71. The van der Waals surface area contributed by atoms with Crippen molar-refractivity contribution in [3.05, 3.63) is 23.9 Å². The van der Waals surface area contributed by atoms with Crippen molar-refractivity contribution in [2.45, 2.75) is 44.1 Å². The first-order chi connectivity index (χ1) is 10.2. The van der Waals surface area contributed by atoms with Crippen molar-refractivity contribution in [3.63, 3.8) is 0 Å². The number of rotatable bonds is 3. The minimum atomic E-state index is 0.0365. The molecule has 5 rings (SSSR count). The molecule has 0 aromatic carbocycles. The Morgan fingerprint density at radius 3 is 2.38 bits per heavy atom. The van der Waals surface area contributed by atoms with Crippen LogP contribution in [0.4, 0.5) is 5.82 Å². The molecule has 0 radical (unpaired) electrons. The molecule has 1 aromatic heterocycles. The summed E-state index contributed by atoms with van der Waals surface area (Å²) in [6.07, 6.45) is 9.43. The average molecular weight is 285 g/mol. The van der Waals surface area contributed by atoms with Crippen LogP contribution in [0.2, 0.25) is 0 Å². The summed E-state index contributed by atoms with van der Waals surface area (Å²) in [6.45, 7) is 0. The van der Waals surface area contributed by atoms with Crippen LogP contribution in [-0.2, 0) is 0 Å². The average Bonchev–Trinajstić information content (AvgIpc) is 2.45. The monoisotopic (exact) mass is 285 g/mol. The van der Waals surface area contributed by atoms with Gasteiger partial charge in [-0.25, -0.2) is 4.98 Å². The van der Waals surface area contributed by atoms with E-state index in [1.807, 2.05) is 19.2 Å². The van der Waals surface area contributed by atoms with Crippen LogP contribution in [0.15, 0.2) is 18.3 Å². The van der Waals surface area contributed by atoms with Gasteiger partial charge in [-0.1, -0.05) is 0 Å². The van der Waals surface area contributed by atoms with Crippen LogP contribution in [0, 0.1) is 17.8 Å². The van der Waals surface area contributed by atoms with Gasteiger partial charge in [0, 0.05) is 18.8 Å². The molecule has 4 nitrogen and oxygen atoms in total. The predicted molar refractivity (Wildman–Crippen MR) is 82.2 cm³/mol. The topological polar surface area (TPSA) is 54.0 Å². The van der Waals surface area contributed by atoms with E-state index < -0.39 is 0 Å². The first kappa shape index (κ1) is 13.1. The molecule has 0 atom stereocenters. The van der Waals surface area contributed by atoms with Gasteiger partial charge in [-0.2, -0.15) is 0 Å². The van der Waals surface area contributed by atoms with Crippen molar-refractivity contribution >= 4 is 11.7 Å². The number of hydrogen-bond donors (Lipinski definition) is 2. The van der Waals surface area contributed by atoms with Crippen LogP contribution in [-0.4, -0.2) is 23.5 Å². The molecule has 4 aliphatic carbocycles. The minimum absolute atomic E-state index is 0.0365. The van der Waals surface area contributed by atoms with Gasteiger partial charge < -0.3 is 10.6 Å². The van der Waals surface area contributed by atoms with Gasteiger partial charge in [0.25, 0.3) is 5.91 Å². The number of nitrogens with one attached hydrogen (secondary N) is 2. The molecule has 1 aromatic rings. The zero-order chi connectivity index (χ0) is 14.4. The molecule has 0 aliphatic heterocycles. The Kier molecular flexibility index (Phi) is 2.95.